The molecule has 1 N–H and O–H groups in total. The van der Waals surface area contributed by atoms with Gasteiger partial charge in [-0.15, -0.1) is 0 Å². The van der Waals surface area contributed by atoms with Crippen LogP contribution in [0.3, 0.4) is 0 Å². The van der Waals surface area contributed by atoms with Crippen molar-refractivity contribution in [2.75, 3.05) is 13.7 Å². The second-order valence-electron chi connectivity index (χ2n) is 4.78. The molecule has 5 nitrogen and oxygen atoms in total. The van der Waals surface area contributed by atoms with Gasteiger partial charge < -0.3 is 14.7 Å². The zero-order chi connectivity index (χ0) is 14.7. The molecular weight excluding hydrogens is 326 g/mol. The van der Waals surface area contributed by atoms with E-state index in [9.17, 15) is 14.7 Å². The summed E-state index contributed by atoms with van der Waals surface area (Å²) < 4.78 is 5.58. The first-order valence-electron chi connectivity index (χ1n) is 6.31. The number of hydrogen-bond donors (Lipinski definition) is 1. The highest BCUT2D eigenvalue weighted by Crippen LogP contribution is 2.21. The number of aliphatic hydroxyl groups excluding tert-OH is 1. The van der Waals surface area contributed by atoms with Gasteiger partial charge in [0.05, 0.1) is 19.6 Å². The molecule has 2 atom stereocenters. The average molecular weight is 342 g/mol. The zero-order valence-electron chi connectivity index (χ0n) is 11.1. The topological polar surface area (TPSA) is 66.8 Å². The molecule has 0 aliphatic carbocycles. The molecule has 0 radical (unpaired) electrons. The second-order valence-corrected chi connectivity index (χ2v) is 5.70. The smallest absolute Gasteiger partial charge is 0.328 e. The number of likely N-dealkylation sites (tertiary alicyclic amines) is 1. The Bertz CT molecular complexity index is 520. The van der Waals surface area contributed by atoms with Gasteiger partial charge >= 0.3 is 5.97 Å². The lowest BCUT2D eigenvalue weighted by Crippen LogP contribution is -2.42. The van der Waals surface area contributed by atoms with Crippen molar-refractivity contribution < 1.29 is 19.4 Å². The number of halogens is 1. The predicted molar refractivity (Wildman–Crippen MR) is 76.0 cm³/mol. The third kappa shape index (κ3) is 3.37. The van der Waals surface area contributed by atoms with Crippen LogP contribution in [0.4, 0.5) is 0 Å². The largest absolute Gasteiger partial charge is 0.467 e. The average Bonchev–Trinajstić information content (AvgIpc) is 2.80. The molecule has 6 heteroatoms. The lowest BCUT2D eigenvalue weighted by molar-refractivity contribution is -0.150. The number of methoxy groups -OCH3 is 1. The molecule has 1 fully saturated rings. The number of carbonyl (C=O) groups excluding carboxylic acids is 2. The first-order chi connectivity index (χ1) is 9.51. The summed E-state index contributed by atoms with van der Waals surface area (Å²) in [5.74, 6) is -0.667. The summed E-state index contributed by atoms with van der Waals surface area (Å²) in [6.45, 7) is 0.173. The SMILES string of the molecule is COC(=O)[C@@H]1C[C@@H](O)CN1C(=O)Cc1cccc(Br)c1. The van der Waals surface area contributed by atoms with E-state index in [4.69, 9.17) is 0 Å². The number of hydrogen-bond acceptors (Lipinski definition) is 4. The van der Waals surface area contributed by atoms with E-state index in [1.54, 1.807) is 0 Å². The number of nitrogens with zero attached hydrogens (tertiary/aromatic N) is 1. The Morgan fingerprint density at radius 2 is 2.25 bits per heavy atom. The Hall–Kier alpha value is -1.40. The Balaban J connectivity index is 2.09. The molecule has 0 saturated carbocycles. The minimum Gasteiger partial charge on any atom is -0.467 e. The van der Waals surface area contributed by atoms with Crippen molar-refractivity contribution in [1.29, 1.82) is 0 Å². The first kappa shape index (κ1) is 15.0. The number of carbonyl (C=O) groups is 2. The van der Waals surface area contributed by atoms with E-state index in [2.05, 4.69) is 20.7 Å². The Labute approximate surface area is 125 Å². The highest BCUT2D eigenvalue weighted by Gasteiger charge is 2.39. The maximum absolute atomic E-state index is 12.3. The molecule has 1 aromatic rings. The summed E-state index contributed by atoms with van der Waals surface area (Å²) >= 11 is 3.35. The summed E-state index contributed by atoms with van der Waals surface area (Å²) in [7, 11) is 1.28. The molecule has 20 heavy (non-hydrogen) atoms. The molecule has 1 aliphatic rings. The van der Waals surface area contributed by atoms with Crippen molar-refractivity contribution in [3.8, 4) is 0 Å². The van der Waals surface area contributed by atoms with Crippen LogP contribution in [-0.2, 0) is 20.7 Å². The number of amides is 1. The molecule has 0 spiro atoms. The van der Waals surface area contributed by atoms with Crippen LogP contribution in [0.5, 0.6) is 0 Å². The van der Waals surface area contributed by atoms with Gasteiger partial charge in [-0.1, -0.05) is 28.1 Å². The summed E-state index contributed by atoms with van der Waals surface area (Å²) in [4.78, 5) is 25.3. The molecule has 0 bridgehead atoms. The summed E-state index contributed by atoms with van der Waals surface area (Å²) in [6.07, 6.45) is -0.248. The number of ether oxygens (including phenoxy) is 1. The number of rotatable bonds is 3. The lowest BCUT2D eigenvalue weighted by atomic mass is 10.1. The van der Waals surface area contributed by atoms with Crippen LogP contribution < -0.4 is 0 Å². The van der Waals surface area contributed by atoms with Crippen molar-refractivity contribution >= 4 is 27.8 Å². The Kier molecular flexibility index (Phi) is 4.77. The van der Waals surface area contributed by atoms with Gasteiger partial charge in [0.15, 0.2) is 0 Å². The summed E-state index contributed by atoms with van der Waals surface area (Å²) in [5.41, 5.74) is 0.856. The van der Waals surface area contributed by atoms with E-state index in [-0.39, 0.29) is 25.3 Å². The number of aliphatic hydroxyl groups is 1. The van der Waals surface area contributed by atoms with E-state index in [1.165, 1.54) is 12.0 Å². The van der Waals surface area contributed by atoms with E-state index in [0.29, 0.717) is 0 Å². The minimum absolute atomic E-state index is 0.173. The van der Waals surface area contributed by atoms with Crippen molar-refractivity contribution in [2.24, 2.45) is 0 Å². The van der Waals surface area contributed by atoms with Crippen LogP contribution >= 0.6 is 15.9 Å². The van der Waals surface area contributed by atoms with Crippen LogP contribution in [-0.4, -0.2) is 47.7 Å². The van der Waals surface area contributed by atoms with Crippen LogP contribution in [0.2, 0.25) is 0 Å². The standard InChI is InChI=1S/C14H16BrNO4/c1-20-14(19)12-7-11(17)8-16(12)13(18)6-9-3-2-4-10(15)5-9/h2-5,11-12,17H,6-8H2,1H3/t11-,12+/m1/s1. The fourth-order valence-electron chi connectivity index (χ4n) is 2.37. The third-order valence-electron chi connectivity index (χ3n) is 3.32. The molecular formula is C14H16BrNO4. The van der Waals surface area contributed by atoms with Crippen molar-refractivity contribution in [1.82, 2.24) is 4.90 Å². The number of β-amino-alcohol motifs (C(OH)–C–C–N with tert-alkyl or cyclic N) is 1. The van der Waals surface area contributed by atoms with Gasteiger partial charge in [-0.25, -0.2) is 4.79 Å². The van der Waals surface area contributed by atoms with Gasteiger partial charge in [-0.3, -0.25) is 4.79 Å². The van der Waals surface area contributed by atoms with Crippen LogP contribution in [0.1, 0.15) is 12.0 Å². The molecule has 2 rings (SSSR count). The second kappa shape index (κ2) is 6.37. The summed E-state index contributed by atoms with van der Waals surface area (Å²) in [5, 5.41) is 9.66. The normalized spacial score (nSPS) is 21.9. The van der Waals surface area contributed by atoms with E-state index in [1.807, 2.05) is 24.3 Å². The van der Waals surface area contributed by atoms with E-state index in [0.717, 1.165) is 10.0 Å². The fourth-order valence-corrected chi connectivity index (χ4v) is 2.82. The quantitative estimate of drug-likeness (QED) is 0.837. The van der Waals surface area contributed by atoms with Crippen LogP contribution in [0.25, 0.3) is 0 Å². The van der Waals surface area contributed by atoms with Crippen molar-refractivity contribution in [2.45, 2.75) is 25.0 Å². The monoisotopic (exact) mass is 341 g/mol. The molecule has 0 aromatic heterocycles. The van der Waals surface area contributed by atoms with Gasteiger partial charge in [-0.2, -0.15) is 0 Å². The van der Waals surface area contributed by atoms with Gasteiger partial charge in [-0.05, 0) is 17.7 Å². The molecule has 0 unspecified atom stereocenters. The molecule has 1 heterocycles. The molecule has 1 amide bonds. The Morgan fingerprint density at radius 3 is 2.90 bits per heavy atom. The minimum atomic E-state index is -0.686. The van der Waals surface area contributed by atoms with Gasteiger partial charge in [0.1, 0.15) is 6.04 Å². The zero-order valence-corrected chi connectivity index (χ0v) is 12.7. The first-order valence-corrected chi connectivity index (χ1v) is 7.10. The molecule has 1 saturated heterocycles. The molecule has 1 aliphatic heterocycles. The third-order valence-corrected chi connectivity index (χ3v) is 3.81. The fraction of sp³-hybridized carbons (Fsp3) is 0.429. The maximum atomic E-state index is 12.3. The van der Waals surface area contributed by atoms with Crippen molar-refractivity contribution in [3.05, 3.63) is 34.3 Å². The van der Waals surface area contributed by atoms with Crippen molar-refractivity contribution in [3.63, 3.8) is 0 Å². The molecule has 108 valence electrons. The van der Waals surface area contributed by atoms with Crippen LogP contribution in [0.15, 0.2) is 28.7 Å². The maximum Gasteiger partial charge on any atom is 0.328 e. The highest BCUT2D eigenvalue weighted by atomic mass is 79.9. The lowest BCUT2D eigenvalue weighted by Gasteiger charge is -2.22. The summed E-state index contributed by atoms with van der Waals surface area (Å²) in [6, 6.07) is 6.75. The van der Waals surface area contributed by atoms with E-state index < -0.39 is 18.1 Å². The van der Waals surface area contributed by atoms with Gasteiger partial charge in [0.25, 0.3) is 0 Å². The predicted octanol–water partition coefficient (Wildman–Crippen LogP) is 1.13. The van der Waals surface area contributed by atoms with E-state index >= 15 is 0 Å². The number of benzene rings is 1. The Morgan fingerprint density at radius 1 is 1.50 bits per heavy atom. The molecule has 1 aromatic carbocycles. The van der Waals surface area contributed by atoms with Crippen LogP contribution in [0, 0.1) is 0 Å². The highest BCUT2D eigenvalue weighted by molar-refractivity contribution is 9.10. The van der Waals surface area contributed by atoms with Gasteiger partial charge in [0.2, 0.25) is 5.91 Å². The number of esters is 1. The van der Waals surface area contributed by atoms with Gasteiger partial charge in [0, 0.05) is 17.4 Å².